The zero-order valence-corrected chi connectivity index (χ0v) is 13.8. The number of aromatic nitrogens is 2. The van der Waals surface area contributed by atoms with Crippen molar-refractivity contribution in [2.75, 3.05) is 5.32 Å². The molecule has 3 aromatic rings. The lowest BCUT2D eigenvalue weighted by atomic mass is 10.1. The summed E-state index contributed by atoms with van der Waals surface area (Å²) in [6.07, 6.45) is 4.77. The summed E-state index contributed by atoms with van der Waals surface area (Å²) < 4.78 is 1.84. The molecular formula is C20H21N3O. The molecule has 0 saturated carbocycles. The fourth-order valence-corrected chi connectivity index (χ4v) is 2.60. The lowest BCUT2D eigenvalue weighted by Crippen LogP contribution is -2.11. The minimum Gasteiger partial charge on any atom is -0.323 e. The van der Waals surface area contributed by atoms with Gasteiger partial charge in [-0.2, -0.15) is 5.10 Å². The third kappa shape index (κ3) is 4.32. The molecule has 2 aromatic carbocycles. The van der Waals surface area contributed by atoms with Crippen molar-refractivity contribution in [2.24, 2.45) is 0 Å². The maximum absolute atomic E-state index is 12.1. The number of amides is 1. The number of nitrogens with one attached hydrogen (secondary N) is 1. The van der Waals surface area contributed by atoms with Gasteiger partial charge in [-0.05, 0) is 30.0 Å². The van der Waals surface area contributed by atoms with Crippen LogP contribution in [0.3, 0.4) is 0 Å². The molecule has 1 amide bonds. The van der Waals surface area contributed by atoms with Crippen LogP contribution in [-0.2, 0) is 17.8 Å². The number of anilines is 1. The third-order valence-corrected chi connectivity index (χ3v) is 3.99. The van der Waals surface area contributed by atoms with E-state index in [0.29, 0.717) is 13.0 Å². The van der Waals surface area contributed by atoms with Gasteiger partial charge in [0.05, 0.1) is 18.4 Å². The number of nitrogens with zero attached hydrogens (tertiary/aromatic N) is 2. The Morgan fingerprint density at radius 1 is 1.08 bits per heavy atom. The first-order chi connectivity index (χ1) is 11.7. The van der Waals surface area contributed by atoms with Crippen LogP contribution in [0, 0.1) is 6.92 Å². The summed E-state index contributed by atoms with van der Waals surface area (Å²) in [5.74, 6) is 0.00861. The number of benzene rings is 2. The van der Waals surface area contributed by atoms with Crippen LogP contribution in [0.1, 0.15) is 23.1 Å². The van der Waals surface area contributed by atoms with Crippen molar-refractivity contribution in [1.29, 1.82) is 0 Å². The Labute approximate surface area is 142 Å². The van der Waals surface area contributed by atoms with E-state index in [9.17, 15) is 4.79 Å². The standard InChI is InChI=1S/C20H21N3O/c1-16-7-5-6-10-18(16)14-23-15-19(13-21-23)22-20(24)12-11-17-8-3-2-4-9-17/h2-10,13,15H,11-12,14H2,1H3,(H,22,24). The second-order valence-corrected chi connectivity index (χ2v) is 5.89. The molecule has 3 rings (SSSR count). The first-order valence-corrected chi connectivity index (χ1v) is 8.11. The minimum atomic E-state index is 0.00861. The van der Waals surface area contributed by atoms with Crippen LogP contribution < -0.4 is 5.32 Å². The summed E-state index contributed by atoms with van der Waals surface area (Å²) >= 11 is 0. The van der Waals surface area contributed by atoms with E-state index in [1.54, 1.807) is 6.20 Å². The van der Waals surface area contributed by atoms with E-state index >= 15 is 0 Å². The largest absolute Gasteiger partial charge is 0.323 e. The van der Waals surface area contributed by atoms with Gasteiger partial charge in [-0.25, -0.2) is 0 Å². The molecule has 0 aliphatic heterocycles. The molecule has 4 nitrogen and oxygen atoms in total. The van der Waals surface area contributed by atoms with Gasteiger partial charge >= 0.3 is 0 Å². The Bertz CT molecular complexity index is 809. The van der Waals surface area contributed by atoms with Gasteiger partial charge in [0.2, 0.25) is 5.91 Å². The van der Waals surface area contributed by atoms with Gasteiger partial charge in [0.1, 0.15) is 0 Å². The maximum Gasteiger partial charge on any atom is 0.224 e. The summed E-state index contributed by atoms with van der Waals surface area (Å²) in [6, 6.07) is 18.3. The van der Waals surface area contributed by atoms with E-state index in [2.05, 4.69) is 29.5 Å². The number of carbonyl (C=O) groups is 1. The van der Waals surface area contributed by atoms with Gasteiger partial charge in [0, 0.05) is 12.6 Å². The van der Waals surface area contributed by atoms with Crippen molar-refractivity contribution in [3.8, 4) is 0 Å². The van der Waals surface area contributed by atoms with Gasteiger partial charge < -0.3 is 5.32 Å². The van der Waals surface area contributed by atoms with E-state index in [1.807, 2.05) is 53.3 Å². The first kappa shape index (κ1) is 16.0. The molecule has 122 valence electrons. The molecule has 4 heteroatoms. The van der Waals surface area contributed by atoms with Crippen LogP contribution in [0.4, 0.5) is 5.69 Å². The smallest absolute Gasteiger partial charge is 0.224 e. The average molecular weight is 319 g/mol. The van der Waals surface area contributed by atoms with E-state index in [4.69, 9.17) is 0 Å². The Morgan fingerprint density at radius 3 is 2.62 bits per heavy atom. The van der Waals surface area contributed by atoms with Gasteiger partial charge in [-0.15, -0.1) is 0 Å². The van der Waals surface area contributed by atoms with Crippen molar-refractivity contribution in [3.63, 3.8) is 0 Å². The normalized spacial score (nSPS) is 10.5. The van der Waals surface area contributed by atoms with Crippen molar-refractivity contribution in [3.05, 3.63) is 83.7 Å². The van der Waals surface area contributed by atoms with Crippen molar-refractivity contribution < 1.29 is 4.79 Å². The van der Waals surface area contributed by atoms with Gasteiger partial charge in [-0.3, -0.25) is 9.48 Å². The van der Waals surface area contributed by atoms with Crippen LogP contribution in [0.5, 0.6) is 0 Å². The number of rotatable bonds is 6. The summed E-state index contributed by atoms with van der Waals surface area (Å²) in [5, 5.41) is 7.24. The quantitative estimate of drug-likeness (QED) is 0.751. The zero-order valence-electron chi connectivity index (χ0n) is 13.8. The highest BCUT2D eigenvalue weighted by Gasteiger charge is 2.06. The predicted octanol–water partition coefficient (Wildman–Crippen LogP) is 3.81. The molecule has 0 bridgehead atoms. The topological polar surface area (TPSA) is 46.9 Å². The fraction of sp³-hybridized carbons (Fsp3) is 0.200. The second kappa shape index (κ2) is 7.59. The van der Waals surface area contributed by atoms with Crippen LogP contribution in [-0.4, -0.2) is 15.7 Å². The molecule has 0 aliphatic rings. The highest BCUT2D eigenvalue weighted by atomic mass is 16.1. The Morgan fingerprint density at radius 2 is 1.83 bits per heavy atom. The van der Waals surface area contributed by atoms with Crippen LogP contribution in [0.25, 0.3) is 0 Å². The monoisotopic (exact) mass is 319 g/mol. The molecule has 0 aliphatic carbocycles. The van der Waals surface area contributed by atoms with Crippen molar-refractivity contribution in [2.45, 2.75) is 26.3 Å². The third-order valence-electron chi connectivity index (χ3n) is 3.99. The number of hydrogen-bond donors (Lipinski definition) is 1. The molecule has 0 saturated heterocycles. The first-order valence-electron chi connectivity index (χ1n) is 8.11. The zero-order chi connectivity index (χ0) is 16.8. The van der Waals surface area contributed by atoms with Gasteiger partial charge in [0.25, 0.3) is 0 Å². The van der Waals surface area contributed by atoms with E-state index in [0.717, 1.165) is 12.1 Å². The van der Waals surface area contributed by atoms with Crippen LogP contribution in [0.15, 0.2) is 67.0 Å². The predicted molar refractivity (Wildman–Crippen MR) is 95.9 cm³/mol. The van der Waals surface area contributed by atoms with Crippen molar-refractivity contribution >= 4 is 11.6 Å². The van der Waals surface area contributed by atoms with Gasteiger partial charge in [-0.1, -0.05) is 54.6 Å². The highest BCUT2D eigenvalue weighted by molar-refractivity contribution is 5.90. The van der Waals surface area contributed by atoms with Crippen molar-refractivity contribution in [1.82, 2.24) is 9.78 Å². The lowest BCUT2D eigenvalue weighted by Gasteiger charge is -2.05. The SMILES string of the molecule is Cc1ccccc1Cn1cc(NC(=O)CCc2ccccc2)cn1. The minimum absolute atomic E-state index is 0.00861. The fourth-order valence-electron chi connectivity index (χ4n) is 2.60. The molecule has 1 heterocycles. The number of aryl methyl sites for hydroxylation is 2. The summed E-state index contributed by atoms with van der Waals surface area (Å²) in [7, 11) is 0. The van der Waals surface area contributed by atoms with E-state index in [-0.39, 0.29) is 5.91 Å². The lowest BCUT2D eigenvalue weighted by molar-refractivity contribution is -0.116. The Hall–Kier alpha value is -2.88. The van der Waals surface area contributed by atoms with E-state index < -0.39 is 0 Å². The average Bonchev–Trinajstić information content (AvgIpc) is 3.03. The Kier molecular flexibility index (Phi) is 5.06. The van der Waals surface area contributed by atoms with Gasteiger partial charge in [0.15, 0.2) is 0 Å². The molecular weight excluding hydrogens is 298 g/mol. The number of hydrogen-bond acceptors (Lipinski definition) is 2. The molecule has 0 atom stereocenters. The number of carbonyl (C=O) groups excluding carboxylic acids is 1. The summed E-state index contributed by atoms with van der Waals surface area (Å²) in [4.78, 5) is 12.1. The van der Waals surface area contributed by atoms with Crippen LogP contribution >= 0.6 is 0 Å². The molecule has 0 unspecified atom stereocenters. The Balaban J connectivity index is 1.54. The summed E-state index contributed by atoms with van der Waals surface area (Å²) in [5.41, 5.74) is 4.37. The molecule has 0 radical (unpaired) electrons. The van der Waals surface area contributed by atoms with Crippen LogP contribution in [0.2, 0.25) is 0 Å². The van der Waals surface area contributed by atoms with E-state index in [1.165, 1.54) is 16.7 Å². The molecule has 24 heavy (non-hydrogen) atoms. The molecule has 0 fully saturated rings. The summed E-state index contributed by atoms with van der Waals surface area (Å²) in [6.45, 7) is 2.79. The maximum atomic E-state index is 12.1. The molecule has 1 N–H and O–H groups in total. The second-order valence-electron chi connectivity index (χ2n) is 5.89. The molecule has 0 spiro atoms. The molecule has 1 aromatic heterocycles. The highest BCUT2D eigenvalue weighted by Crippen LogP contribution is 2.12.